The predicted molar refractivity (Wildman–Crippen MR) is 116 cm³/mol. The molecule has 3 aliphatic heterocycles. The zero-order valence-corrected chi connectivity index (χ0v) is 18.8. The molecule has 5 heterocycles. The first kappa shape index (κ1) is 20.1. The number of anilines is 2. The third kappa shape index (κ3) is 3.19. The Morgan fingerprint density at radius 2 is 2.13 bits per heavy atom. The molecule has 3 aromatic rings. The predicted octanol–water partition coefficient (Wildman–Crippen LogP) is 4.59. The Balaban J connectivity index is 1.32. The van der Waals surface area contributed by atoms with Gasteiger partial charge in [-0.15, -0.1) is 11.3 Å². The van der Waals surface area contributed by atoms with E-state index in [1.807, 2.05) is 19.0 Å². The van der Waals surface area contributed by atoms with Gasteiger partial charge in [0.1, 0.15) is 17.0 Å². The normalized spacial score (nSPS) is 20.1. The number of halogens is 3. The molecule has 1 N–H and O–H groups in total. The second-order valence-corrected chi connectivity index (χ2v) is 9.37. The minimum Gasteiger partial charge on any atom is -0.327 e. The highest BCUT2D eigenvalue weighted by molar-refractivity contribution is 7.14. The fourth-order valence-electron chi connectivity index (χ4n) is 3.54. The van der Waals surface area contributed by atoms with Gasteiger partial charge in [0.2, 0.25) is 5.91 Å². The topological polar surface area (TPSA) is 70.6 Å². The monoisotopic (exact) mass is 485 g/mol. The van der Waals surface area contributed by atoms with Crippen LogP contribution in [0.1, 0.15) is 17.5 Å². The van der Waals surface area contributed by atoms with Crippen molar-refractivity contribution in [1.82, 2.24) is 14.3 Å². The van der Waals surface area contributed by atoms with Crippen molar-refractivity contribution in [3.8, 4) is 11.3 Å². The van der Waals surface area contributed by atoms with Gasteiger partial charge in [0, 0.05) is 18.0 Å². The van der Waals surface area contributed by atoms with E-state index in [1.165, 1.54) is 35.0 Å². The summed E-state index contributed by atoms with van der Waals surface area (Å²) in [6.45, 7) is 0. The van der Waals surface area contributed by atoms with E-state index in [1.54, 1.807) is 5.38 Å². The lowest BCUT2D eigenvalue weighted by molar-refractivity contribution is -0.283. The number of hydrogen-bond donors (Lipinski definition) is 1. The Morgan fingerprint density at radius 3 is 2.90 bits per heavy atom. The number of thiazole rings is 1. The number of nitrogens with zero attached hydrogens (tertiary/aromatic N) is 4. The van der Waals surface area contributed by atoms with Crippen molar-refractivity contribution in [2.45, 2.75) is 19.0 Å². The van der Waals surface area contributed by atoms with E-state index in [4.69, 9.17) is 27.9 Å². The van der Waals surface area contributed by atoms with Gasteiger partial charge in [0.05, 0.1) is 33.4 Å². The van der Waals surface area contributed by atoms with E-state index in [0.29, 0.717) is 22.1 Å². The molecule has 3 aliphatic rings. The summed E-state index contributed by atoms with van der Waals surface area (Å²) in [6.07, 6.45) is -0.150. The van der Waals surface area contributed by atoms with Crippen molar-refractivity contribution in [1.29, 1.82) is 0 Å². The van der Waals surface area contributed by atoms with Crippen LogP contribution in [0.15, 0.2) is 17.5 Å². The van der Waals surface area contributed by atoms with Gasteiger partial charge >= 0.3 is 0 Å². The van der Waals surface area contributed by atoms with Crippen molar-refractivity contribution in [3.05, 3.63) is 44.6 Å². The van der Waals surface area contributed by atoms with Crippen molar-refractivity contribution in [2.75, 3.05) is 24.3 Å². The number of carbonyl (C=O) groups is 1. The SMILES string of the molecule is CN1c2snc(CC(=O)Nc3nc(-c4cc(F)c(Cl)cc4Cl)cs3)c2C2OC1N2C. The van der Waals surface area contributed by atoms with E-state index in [0.717, 1.165) is 10.6 Å². The third-order valence-corrected chi connectivity index (χ3v) is 7.37. The lowest BCUT2D eigenvalue weighted by atomic mass is 10.1. The summed E-state index contributed by atoms with van der Waals surface area (Å²) in [5.74, 6) is -0.831. The van der Waals surface area contributed by atoms with Gasteiger partial charge in [-0.2, -0.15) is 4.37 Å². The fourth-order valence-corrected chi connectivity index (χ4v) is 5.64. The van der Waals surface area contributed by atoms with Gasteiger partial charge in [-0.25, -0.2) is 14.3 Å². The highest BCUT2D eigenvalue weighted by atomic mass is 35.5. The molecule has 156 valence electrons. The molecule has 2 aromatic heterocycles. The molecule has 0 saturated carbocycles. The van der Waals surface area contributed by atoms with Crippen LogP contribution < -0.4 is 10.2 Å². The molecule has 1 fully saturated rings. The summed E-state index contributed by atoms with van der Waals surface area (Å²) in [7, 11) is 3.92. The number of carbonyl (C=O) groups excluding carboxylic acids is 1. The second-order valence-electron chi connectivity index (χ2n) is 6.95. The summed E-state index contributed by atoms with van der Waals surface area (Å²) in [6, 6.07) is 2.56. The Kier molecular flexibility index (Phi) is 4.96. The lowest BCUT2D eigenvalue weighted by Gasteiger charge is -2.54. The molecule has 0 spiro atoms. The van der Waals surface area contributed by atoms with Crippen LogP contribution in [0.4, 0.5) is 14.5 Å². The molecule has 6 rings (SSSR count). The largest absolute Gasteiger partial charge is 0.327 e. The zero-order valence-electron chi connectivity index (χ0n) is 15.6. The average molecular weight is 486 g/mol. The first-order valence-electron chi connectivity index (χ1n) is 8.82. The molecule has 30 heavy (non-hydrogen) atoms. The number of aromatic nitrogens is 2. The van der Waals surface area contributed by atoms with Crippen molar-refractivity contribution in [2.24, 2.45) is 0 Å². The van der Waals surface area contributed by atoms with Crippen LogP contribution in [0.2, 0.25) is 10.0 Å². The average Bonchev–Trinajstić information content (AvgIpc) is 3.32. The van der Waals surface area contributed by atoms with Crippen LogP contribution in [0.25, 0.3) is 11.3 Å². The summed E-state index contributed by atoms with van der Waals surface area (Å²) in [5, 5.41) is 6.11. The maximum atomic E-state index is 13.8. The number of nitrogens with one attached hydrogen (secondary N) is 1. The number of amides is 1. The van der Waals surface area contributed by atoms with Crippen LogP contribution in [-0.4, -0.2) is 40.6 Å². The lowest BCUT2D eigenvalue weighted by Crippen LogP contribution is -2.62. The minimum absolute atomic E-state index is 0.0582. The molecule has 1 aromatic carbocycles. The Labute approximate surface area is 189 Å². The molecule has 7 nitrogen and oxygen atoms in total. The van der Waals surface area contributed by atoms with E-state index in [9.17, 15) is 9.18 Å². The van der Waals surface area contributed by atoms with Crippen molar-refractivity contribution >= 4 is 62.1 Å². The molecule has 0 radical (unpaired) electrons. The highest BCUT2D eigenvalue weighted by Gasteiger charge is 2.49. The molecule has 1 saturated heterocycles. The second kappa shape index (κ2) is 7.40. The molecule has 2 unspecified atom stereocenters. The summed E-state index contributed by atoms with van der Waals surface area (Å²) in [4.78, 5) is 21.1. The van der Waals surface area contributed by atoms with Gasteiger partial charge in [0.25, 0.3) is 0 Å². The van der Waals surface area contributed by atoms with Crippen molar-refractivity contribution in [3.63, 3.8) is 0 Å². The third-order valence-electron chi connectivity index (χ3n) is 5.02. The van der Waals surface area contributed by atoms with Gasteiger partial charge in [0.15, 0.2) is 11.5 Å². The number of hydrogen-bond acceptors (Lipinski definition) is 8. The summed E-state index contributed by atoms with van der Waals surface area (Å²) >= 11 is 14.5. The number of ether oxygens (including phenoxy) is 1. The molecule has 12 heteroatoms. The zero-order chi connectivity index (χ0) is 21.2. The number of rotatable bonds is 4. The van der Waals surface area contributed by atoms with Gasteiger partial charge in [-0.05, 0) is 30.7 Å². The molecule has 2 bridgehead atoms. The maximum Gasteiger partial charge on any atom is 0.232 e. The Hall–Kier alpha value is -1.82. The van der Waals surface area contributed by atoms with Crippen LogP contribution in [0.5, 0.6) is 0 Å². The first-order valence-corrected chi connectivity index (χ1v) is 11.2. The van der Waals surface area contributed by atoms with Gasteiger partial charge < -0.3 is 15.0 Å². The molecule has 1 amide bonds. The van der Waals surface area contributed by atoms with E-state index in [2.05, 4.69) is 19.6 Å². The molecular weight excluding hydrogens is 472 g/mol. The quantitative estimate of drug-likeness (QED) is 0.545. The van der Waals surface area contributed by atoms with E-state index in [-0.39, 0.29) is 35.0 Å². The molecule has 0 aliphatic carbocycles. The maximum absolute atomic E-state index is 13.8. The summed E-state index contributed by atoms with van der Waals surface area (Å²) < 4.78 is 24.1. The minimum atomic E-state index is -0.585. The van der Waals surface area contributed by atoms with Crippen LogP contribution in [0, 0.1) is 5.82 Å². The Bertz CT molecular complexity index is 1170. The Morgan fingerprint density at radius 1 is 1.33 bits per heavy atom. The first-order chi connectivity index (χ1) is 14.3. The molecule has 2 atom stereocenters. The van der Waals surface area contributed by atoms with Crippen molar-refractivity contribution < 1.29 is 13.9 Å². The van der Waals surface area contributed by atoms with Crippen LogP contribution >= 0.6 is 46.1 Å². The van der Waals surface area contributed by atoms with E-state index >= 15 is 0 Å². The van der Waals surface area contributed by atoms with E-state index < -0.39 is 5.82 Å². The fraction of sp³-hybridized carbons (Fsp3) is 0.278. The van der Waals surface area contributed by atoms with Crippen LogP contribution in [-0.2, 0) is 16.0 Å². The number of benzene rings is 1. The highest BCUT2D eigenvalue weighted by Crippen LogP contribution is 2.50. The van der Waals surface area contributed by atoms with Gasteiger partial charge in [-0.3, -0.25) is 4.79 Å². The van der Waals surface area contributed by atoms with Gasteiger partial charge in [-0.1, -0.05) is 23.2 Å². The standard InChI is InChI=1S/C18H14Cl2FN5O2S2/c1-25-15-14-11(24-30-16(14)26(2)18(25)28-15)5-13(27)23-17-22-12(6-29-17)7-3-10(21)9(20)4-8(7)19/h3-4,6,15,18H,5H2,1-2H3,(H,22,23,27). The smallest absolute Gasteiger partial charge is 0.232 e. The molecular formula is C18H14Cl2FN5O2S2. The van der Waals surface area contributed by atoms with Crippen LogP contribution in [0.3, 0.4) is 0 Å². The summed E-state index contributed by atoms with van der Waals surface area (Å²) in [5.41, 5.74) is 2.49.